The van der Waals surface area contributed by atoms with Gasteiger partial charge in [0.15, 0.2) is 0 Å². The third-order valence-corrected chi connectivity index (χ3v) is 7.14. The number of benzene rings is 3. The summed E-state index contributed by atoms with van der Waals surface area (Å²) in [6.45, 7) is 4.63. The van der Waals surface area contributed by atoms with Crippen LogP contribution in [0.15, 0.2) is 72.9 Å². The van der Waals surface area contributed by atoms with Crippen molar-refractivity contribution in [3.63, 3.8) is 0 Å². The molecule has 5 rings (SSSR count). The monoisotopic (exact) mass is 489 g/mol. The Kier molecular flexibility index (Phi) is 6.89. The van der Waals surface area contributed by atoms with Gasteiger partial charge in [-0.2, -0.15) is 0 Å². The van der Waals surface area contributed by atoms with Crippen LogP contribution in [0.25, 0.3) is 16.6 Å². The van der Waals surface area contributed by atoms with Crippen molar-refractivity contribution < 1.29 is 9.18 Å². The molecule has 2 heterocycles. The van der Waals surface area contributed by atoms with Crippen LogP contribution in [0.1, 0.15) is 43.2 Å². The van der Waals surface area contributed by atoms with Crippen LogP contribution >= 0.6 is 11.6 Å². The Bertz CT molecular complexity index is 1360. The smallest absolute Gasteiger partial charge is 0.224 e. The maximum Gasteiger partial charge on any atom is 0.224 e. The van der Waals surface area contributed by atoms with E-state index in [9.17, 15) is 9.18 Å². The van der Waals surface area contributed by atoms with Crippen molar-refractivity contribution in [1.29, 1.82) is 0 Å². The number of amides is 1. The van der Waals surface area contributed by atoms with E-state index >= 15 is 0 Å². The van der Waals surface area contributed by atoms with Gasteiger partial charge in [0.2, 0.25) is 5.91 Å². The molecular weight excluding hydrogens is 461 g/mol. The van der Waals surface area contributed by atoms with Crippen LogP contribution in [-0.2, 0) is 11.3 Å². The largest absolute Gasteiger partial charge is 0.326 e. The van der Waals surface area contributed by atoms with Crippen LogP contribution in [0.3, 0.4) is 0 Å². The van der Waals surface area contributed by atoms with Gasteiger partial charge in [-0.3, -0.25) is 9.69 Å². The fraction of sp³-hybridized carbons (Fsp3) is 0.276. The maximum atomic E-state index is 14.6. The fourth-order valence-corrected chi connectivity index (χ4v) is 5.19. The molecule has 4 nitrogen and oxygen atoms in total. The number of rotatable bonds is 6. The fourth-order valence-electron chi connectivity index (χ4n) is 5.03. The molecule has 1 aromatic heterocycles. The number of anilines is 1. The minimum absolute atomic E-state index is 0.0350. The van der Waals surface area contributed by atoms with Gasteiger partial charge in [0.05, 0.1) is 11.2 Å². The second-order valence-corrected chi connectivity index (χ2v) is 9.65. The summed E-state index contributed by atoms with van der Waals surface area (Å²) in [5.41, 5.74) is 4.77. The molecule has 0 unspecified atom stereocenters. The lowest BCUT2D eigenvalue weighted by Crippen LogP contribution is -2.32. The quantitative estimate of drug-likeness (QED) is 0.312. The zero-order valence-electron chi connectivity index (χ0n) is 19.8. The van der Waals surface area contributed by atoms with Gasteiger partial charge in [-0.15, -0.1) is 0 Å². The maximum absolute atomic E-state index is 14.6. The molecule has 0 bridgehead atoms. The van der Waals surface area contributed by atoms with Crippen molar-refractivity contribution in [1.82, 2.24) is 9.47 Å². The SMILES string of the molecule is CCC(=O)Nc1cccc(C2CCN(Cc3cn(-c4ccccc4F)c4cc(Cl)ccc34)CC2)c1. The van der Waals surface area contributed by atoms with Gasteiger partial charge in [0.25, 0.3) is 0 Å². The van der Waals surface area contributed by atoms with E-state index in [1.807, 2.05) is 54.1 Å². The number of nitrogens with one attached hydrogen (secondary N) is 1. The van der Waals surface area contributed by atoms with Crippen LogP contribution in [0.4, 0.5) is 10.1 Å². The molecule has 35 heavy (non-hydrogen) atoms. The number of hydrogen-bond acceptors (Lipinski definition) is 2. The number of halogens is 2. The standard InChI is InChI=1S/C29H29ClFN3O/c1-2-29(35)32-24-7-5-6-21(16-24)20-12-14-33(15-13-20)18-22-19-34(27-9-4-3-8-26(27)31)28-17-23(30)10-11-25(22)28/h3-11,16-17,19-20H,2,12-15,18H2,1H3,(H,32,35). The summed E-state index contributed by atoms with van der Waals surface area (Å²) in [6.07, 6.45) is 4.64. The molecule has 0 saturated carbocycles. The first-order chi connectivity index (χ1) is 17.0. The van der Waals surface area contributed by atoms with Crippen LogP contribution < -0.4 is 5.32 Å². The Morgan fingerprint density at radius 1 is 1.06 bits per heavy atom. The molecule has 1 amide bonds. The highest BCUT2D eigenvalue weighted by atomic mass is 35.5. The summed E-state index contributed by atoms with van der Waals surface area (Å²) >= 11 is 6.30. The van der Waals surface area contributed by atoms with E-state index in [1.54, 1.807) is 12.1 Å². The Morgan fingerprint density at radius 3 is 2.63 bits per heavy atom. The van der Waals surface area contributed by atoms with Gasteiger partial charge in [-0.05, 0) is 79.4 Å². The molecule has 1 N–H and O–H groups in total. The van der Waals surface area contributed by atoms with E-state index in [1.165, 1.54) is 17.2 Å². The molecule has 0 spiro atoms. The molecule has 1 saturated heterocycles. The average Bonchev–Trinajstić information content (AvgIpc) is 3.21. The van der Waals surface area contributed by atoms with E-state index in [2.05, 4.69) is 22.3 Å². The number of hydrogen-bond donors (Lipinski definition) is 1. The summed E-state index contributed by atoms with van der Waals surface area (Å²) in [6, 6.07) is 20.9. The number of aromatic nitrogens is 1. The highest BCUT2D eigenvalue weighted by Gasteiger charge is 2.22. The lowest BCUT2D eigenvalue weighted by molar-refractivity contribution is -0.115. The summed E-state index contributed by atoms with van der Waals surface area (Å²) in [5, 5.41) is 4.70. The first-order valence-electron chi connectivity index (χ1n) is 12.2. The van der Waals surface area contributed by atoms with Crippen LogP contribution in [0.5, 0.6) is 0 Å². The third-order valence-electron chi connectivity index (χ3n) is 6.91. The molecule has 1 aliphatic rings. The minimum atomic E-state index is -0.255. The van der Waals surface area contributed by atoms with Crippen LogP contribution in [0.2, 0.25) is 5.02 Å². The Hall–Kier alpha value is -3.15. The highest BCUT2D eigenvalue weighted by molar-refractivity contribution is 6.31. The predicted molar refractivity (Wildman–Crippen MR) is 141 cm³/mol. The molecule has 0 aliphatic carbocycles. The van der Waals surface area contributed by atoms with E-state index in [0.717, 1.165) is 49.1 Å². The molecule has 0 atom stereocenters. The van der Waals surface area contributed by atoms with Crippen molar-refractivity contribution in [2.45, 2.75) is 38.6 Å². The number of carbonyl (C=O) groups is 1. The van der Waals surface area contributed by atoms with Crippen molar-refractivity contribution in [3.8, 4) is 5.69 Å². The van der Waals surface area contributed by atoms with Gasteiger partial charge in [0.1, 0.15) is 5.82 Å². The first-order valence-corrected chi connectivity index (χ1v) is 12.6. The number of para-hydroxylation sites is 1. The Balaban J connectivity index is 1.32. The summed E-state index contributed by atoms with van der Waals surface area (Å²) in [5.74, 6) is 0.255. The lowest BCUT2D eigenvalue weighted by atomic mass is 9.89. The second-order valence-electron chi connectivity index (χ2n) is 9.21. The molecular formula is C29H29ClFN3O. The molecule has 3 aromatic carbocycles. The lowest BCUT2D eigenvalue weighted by Gasteiger charge is -2.32. The average molecular weight is 490 g/mol. The Labute approximate surface area is 210 Å². The highest BCUT2D eigenvalue weighted by Crippen LogP contribution is 2.33. The second kappa shape index (κ2) is 10.2. The zero-order chi connectivity index (χ0) is 24.4. The topological polar surface area (TPSA) is 37.3 Å². The molecule has 4 aromatic rings. The number of carbonyl (C=O) groups excluding carboxylic acids is 1. The van der Waals surface area contributed by atoms with E-state index in [-0.39, 0.29) is 11.7 Å². The number of fused-ring (bicyclic) bond motifs is 1. The van der Waals surface area contributed by atoms with Crippen molar-refractivity contribution in [2.75, 3.05) is 18.4 Å². The number of piperidine rings is 1. The van der Waals surface area contributed by atoms with Gasteiger partial charge in [0, 0.05) is 35.3 Å². The van der Waals surface area contributed by atoms with Crippen LogP contribution in [-0.4, -0.2) is 28.5 Å². The van der Waals surface area contributed by atoms with E-state index < -0.39 is 0 Å². The molecule has 1 fully saturated rings. The molecule has 180 valence electrons. The first kappa shape index (κ1) is 23.6. The van der Waals surface area contributed by atoms with E-state index in [4.69, 9.17) is 11.6 Å². The van der Waals surface area contributed by atoms with Crippen molar-refractivity contribution >= 4 is 34.1 Å². The van der Waals surface area contributed by atoms with Crippen LogP contribution in [0, 0.1) is 5.82 Å². The molecule has 6 heteroatoms. The summed E-state index contributed by atoms with van der Waals surface area (Å²) in [4.78, 5) is 14.2. The minimum Gasteiger partial charge on any atom is -0.326 e. The van der Waals surface area contributed by atoms with E-state index in [0.29, 0.717) is 23.0 Å². The normalized spacial score (nSPS) is 14.9. The van der Waals surface area contributed by atoms with Gasteiger partial charge < -0.3 is 9.88 Å². The zero-order valence-corrected chi connectivity index (χ0v) is 20.6. The number of nitrogens with zero attached hydrogens (tertiary/aromatic N) is 2. The number of likely N-dealkylation sites (tertiary alicyclic amines) is 1. The third kappa shape index (κ3) is 5.12. The van der Waals surface area contributed by atoms with Gasteiger partial charge in [-0.1, -0.05) is 48.9 Å². The summed E-state index contributed by atoms with van der Waals surface area (Å²) < 4.78 is 16.5. The van der Waals surface area contributed by atoms with Gasteiger partial charge >= 0.3 is 0 Å². The van der Waals surface area contributed by atoms with Gasteiger partial charge in [-0.25, -0.2) is 4.39 Å². The van der Waals surface area contributed by atoms with Crippen molar-refractivity contribution in [2.24, 2.45) is 0 Å². The van der Waals surface area contributed by atoms with Crippen molar-refractivity contribution in [3.05, 3.63) is 94.9 Å². The Morgan fingerprint density at radius 2 is 1.86 bits per heavy atom. The molecule has 0 radical (unpaired) electrons. The summed E-state index contributed by atoms with van der Waals surface area (Å²) in [7, 11) is 0. The molecule has 1 aliphatic heterocycles. The predicted octanol–water partition coefficient (Wildman–Crippen LogP) is 7.15.